The van der Waals surface area contributed by atoms with Crippen LogP contribution in [0.4, 0.5) is 11.5 Å². The van der Waals surface area contributed by atoms with Crippen LogP contribution in [0, 0.1) is 0 Å². The molecule has 4 heteroatoms. The van der Waals surface area contributed by atoms with Gasteiger partial charge in [0.2, 0.25) is 0 Å². The number of pyridine rings is 1. The average Bonchev–Trinajstić information content (AvgIpc) is 3.24. The Bertz CT molecular complexity index is 579. The molecule has 0 atom stereocenters. The summed E-state index contributed by atoms with van der Waals surface area (Å²) in [5, 5.41) is 6.11. The van der Waals surface area contributed by atoms with E-state index in [-0.39, 0.29) is 5.91 Å². The molecule has 2 N–H and O–H groups in total. The molecule has 1 aromatic heterocycles. The van der Waals surface area contributed by atoms with Crippen LogP contribution in [-0.2, 0) is 0 Å². The Labute approximate surface area is 111 Å². The minimum atomic E-state index is -0.0980. The summed E-state index contributed by atoms with van der Waals surface area (Å²) >= 11 is 0. The highest BCUT2D eigenvalue weighted by Gasteiger charge is 2.24. The van der Waals surface area contributed by atoms with Gasteiger partial charge in [0.1, 0.15) is 11.5 Å². The lowest BCUT2D eigenvalue weighted by atomic mass is 10.3. The van der Waals surface area contributed by atoms with Gasteiger partial charge in [0, 0.05) is 11.7 Å². The molecule has 2 aromatic rings. The molecule has 0 saturated heterocycles. The van der Waals surface area contributed by atoms with E-state index in [0.717, 1.165) is 18.5 Å². The molecule has 0 bridgehead atoms. The lowest BCUT2D eigenvalue weighted by molar-refractivity contribution is 0.0946. The third-order valence-electron chi connectivity index (χ3n) is 2.94. The van der Waals surface area contributed by atoms with Crippen LogP contribution < -0.4 is 10.6 Å². The fraction of sp³-hybridized carbons (Fsp3) is 0.200. The molecule has 96 valence electrons. The molecule has 0 aliphatic heterocycles. The zero-order chi connectivity index (χ0) is 13.1. The molecular formula is C15H15N3O. The number of benzene rings is 1. The summed E-state index contributed by atoms with van der Waals surface area (Å²) in [7, 11) is 0. The first-order chi connectivity index (χ1) is 9.31. The Morgan fingerprint density at radius 3 is 2.58 bits per heavy atom. The smallest absolute Gasteiger partial charge is 0.270 e. The summed E-state index contributed by atoms with van der Waals surface area (Å²) in [6.07, 6.45) is 2.15. The number of carbonyl (C=O) groups excluding carboxylic acids is 1. The molecule has 1 aromatic carbocycles. The van der Waals surface area contributed by atoms with Gasteiger partial charge in [-0.05, 0) is 37.1 Å². The molecule has 4 nitrogen and oxygen atoms in total. The van der Waals surface area contributed by atoms with Crippen molar-refractivity contribution in [3.05, 3.63) is 54.2 Å². The Kier molecular flexibility index (Phi) is 3.14. The fourth-order valence-electron chi connectivity index (χ4n) is 1.79. The molecule has 3 rings (SSSR count). The highest BCUT2D eigenvalue weighted by Crippen LogP contribution is 2.19. The number of nitrogens with zero attached hydrogens (tertiary/aromatic N) is 1. The predicted octanol–water partition coefficient (Wildman–Crippen LogP) is 2.72. The summed E-state index contributed by atoms with van der Waals surface area (Å²) in [5.74, 6) is 0.578. The molecule has 0 unspecified atom stereocenters. The van der Waals surface area contributed by atoms with Crippen LogP contribution in [-0.4, -0.2) is 16.9 Å². The topological polar surface area (TPSA) is 54.0 Å². The van der Waals surface area contributed by atoms with E-state index in [1.54, 1.807) is 6.07 Å². The van der Waals surface area contributed by atoms with Crippen LogP contribution >= 0.6 is 0 Å². The van der Waals surface area contributed by atoms with Crippen molar-refractivity contribution in [2.24, 2.45) is 0 Å². The second-order valence-corrected chi connectivity index (χ2v) is 4.65. The van der Waals surface area contributed by atoms with Crippen molar-refractivity contribution >= 4 is 17.4 Å². The lowest BCUT2D eigenvalue weighted by Crippen LogP contribution is -2.26. The standard InChI is InChI=1S/C15H15N3O/c19-15(17-12-9-10-12)13-7-4-8-14(18-13)16-11-5-2-1-3-6-11/h1-8,12H,9-10H2,(H,16,18)(H,17,19). The van der Waals surface area contributed by atoms with Gasteiger partial charge >= 0.3 is 0 Å². The summed E-state index contributed by atoms with van der Waals surface area (Å²) in [5.41, 5.74) is 1.41. The van der Waals surface area contributed by atoms with Crippen molar-refractivity contribution in [3.8, 4) is 0 Å². The number of para-hydroxylation sites is 1. The number of carbonyl (C=O) groups is 1. The van der Waals surface area contributed by atoms with Gasteiger partial charge in [0.05, 0.1) is 0 Å². The minimum absolute atomic E-state index is 0.0980. The van der Waals surface area contributed by atoms with Gasteiger partial charge < -0.3 is 10.6 Å². The number of aromatic nitrogens is 1. The van der Waals surface area contributed by atoms with Gasteiger partial charge in [0.15, 0.2) is 0 Å². The number of amides is 1. The lowest BCUT2D eigenvalue weighted by Gasteiger charge is -2.07. The third kappa shape index (κ3) is 3.10. The van der Waals surface area contributed by atoms with Gasteiger partial charge in [-0.2, -0.15) is 0 Å². The van der Waals surface area contributed by atoms with Crippen LogP contribution in [0.3, 0.4) is 0 Å². The van der Waals surface area contributed by atoms with Gasteiger partial charge in [-0.15, -0.1) is 0 Å². The summed E-state index contributed by atoms with van der Waals surface area (Å²) in [6, 6.07) is 15.5. The first-order valence-electron chi connectivity index (χ1n) is 6.41. The molecule has 1 aliphatic carbocycles. The van der Waals surface area contributed by atoms with Crippen molar-refractivity contribution in [2.75, 3.05) is 5.32 Å². The Balaban J connectivity index is 1.73. The van der Waals surface area contributed by atoms with Gasteiger partial charge in [-0.1, -0.05) is 24.3 Å². The van der Waals surface area contributed by atoms with Crippen molar-refractivity contribution in [1.82, 2.24) is 10.3 Å². The van der Waals surface area contributed by atoms with Crippen LogP contribution in [0.5, 0.6) is 0 Å². The Morgan fingerprint density at radius 1 is 1.05 bits per heavy atom. The van der Waals surface area contributed by atoms with E-state index in [2.05, 4.69) is 15.6 Å². The maximum Gasteiger partial charge on any atom is 0.270 e. The van der Waals surface area contributed by atoms with Crippen molar-refractivity contribution in [1.29, 1.82) is 0 Å². The van der Waals surface area contributed by atoms with Crippen LogP contribution in [0.15, 0.2) is 48.5 Å². The van der Waals surface area contributed by atoms with E-state index in [1.807, 2.05) is 42.5 Å². The highest BCUT2D eigenvalue weighted by molar-refractivity contribution is 5.93. The van der Waals surface area contributed by atoms with Crippen LogP contribution in [0.25, 0.3) is 0 Å². The zero-order valence-corrected chi connectivity index (χ0v) is 10.5. The number of hydrogen-bond acceptors (Lipinski definition) is 3. The molecule has 0 radical (unpaired) electrons. The third-order valence-corrected chi connectivity index (χ3v) is 2.94. The minimum Gasteiger partial charge on any atom is -0.348 e. The normalized spacial score (nSPS) is 13.9. The van der Waals surface area contributed by atoms with Gasteiger partial charge in [-0.3, -0.25) is 4.79 Å². The number of hydrogen-bond donors (Lipinski definition) is 2. The Morgan fingerprint density at radius 2 is 1.84 bits per heavy atom. The van der Waals surface area contributed by atoms with Crippen LogP contribution in [0.1, 0.15) is 23.3 Å². The monoisotopic (exact) mass is 253 g/mol. The van der Waals surface area contributed by atoms with E-state index < -0.39 is 0 Å². The number of rotatable bonds is 4. The molecule has 1 fully saturated rings. The summed E-state index contributed by atoms with van der Waals surface area (Å²) < 4.78 is 0. The second kappa shape index (κ2) is 5.10. The number of nitrogens with one attached hydrogen (secondary N) is 2. The predicted molar refractivity (Wildman–Crippen MR) is 74.4 cm³/mol. The summed E-state index contributed by atoms with van der Waals surface area (Å²) in [4.78, 5) is 16.2. The van der Waals surface area contributed by atoms with E-state index in [0.29, 0.717) is 17.6 Å². The maximum atomic E-state index is 11.9. The molecule has 1 saturated carbocycles. The van der Waals surface area contributed by atoms with E-state index in [4.69, 9.17) is 0 Å². The largest absolute Gasteiger partial charge is 0.348 e. The van der Waals surface area contributed by atoms with Crippen molar-refractivity contribution in [2.45, 2.75) is 18.9 Å². The van der Waals surface area contributed by atoms with E-state index >= 15 is 0 Å². The Hall–Kier alpha value is -2.36. The van der Waals surface area contributed by atoms with Crippen molar-refractivity contribution < 1.29 is 4.79 Å². The van der Waals surface area contributed by atoms with Crippen molar-refractivity contribution in [3.63, 3.8) is 0 Å². The first kappa shape index (κ1) is 11.7. The van der Waals surface area contributed by atoms with E-state index in [9.17, 15) is 4.79 Å². The van der Waals surface area contributed by atoms with Crippen LogP contribution in [0.2, 0.25) is 0 Å². The SMILES string of the molecule is O=C(NC1CC1)c1cccc(Nc2ccccc2)n1. The fourth-order valence-corrected chi connectivity index (χ4v) is 1.79. The number of anilines is 2. The van der Waals surface area contributed by atoms with E-state index in [1.165, 1.54) is 0 Å². The maximum absolute atomic E-state index is 11.9. The molecule has 0 spiro atoms. The zero-order valence-electron chi connectivity index (χ0n) is 10.5. The second-order valence-electron chi connectivity index (χ2n) is 4.65. The molecule has 1 heterocycles. The van der Waals surface area contributed by atoms with Gasteiger partial charge in [0.25, 0.3) is 5.91 Å². The molecule has 19 heavy (non-hydrogen) atoms. The average molecular weight is 253 g/mol. The van der Waals surface area contributed by atoms with Gasteiger partial charge in [-0.25, -0.2) is 4.98 Å². The highest BCUT2D eigenvalue weighted by atomic mass is 16.2. The first-order valence-corrected chi connectivity index (χ1v) is 6.41. The molecule has 1 amide bonds. The quantitative estimate of drug-likeness (QED) is 0.880. The molecule has 1 aliphatic rings. The molecular weight excluding hydrogens is 238 g/mol. The summed E-state index contributed by atoms with van der Waals surface area (Å²) in [6.45, 7) is 0.